The fourth-order valence-corrected chi connectivity index (χ4v) is 7.42. The second-order valence-corrected chi connectivity index (χ2v) is 14.4. The Bertz CT molecular complexity index is 1810. The average Bonchev–Trinajstić information content (AvgIpc) is 3.64. The number of primary amides is 1. The number of carbonyl (C=O) groups is 1. The van der Waals surface area contributed by atoms with Crippen molar-refractivity contribution in [3.63, 3.8) is 0 Å². The lowest BCUT2D eigenvalue weighted by Crippen LogP contribution is -2.46. The van der Waals surface area contributed by atoms with Gasteiger partial charge in [-0.15, -0.1) is 0 Å². The van der Waals surface area contributed by atoms with Crippen LogP contribution in [0.25, 0.3) is 11.2 Å². The molecule has 2 fully saturated rings. The minimum absolute atomic E-state index is 0.00541. The number of carbonyl (C=O) groups excluding carboxylic acids is 1. The third kappa shape index (κ3) is 8.12. The van der Waals surface area contributed by atoms with Gasteiger partial charge in [-0.05, 0) is 6.07 Å². The third-order valence-electron chi connectivity index (χ3n) is 6.97. The van der Waals surface area contributed by atoms with Gasteiger partial charge >= 0.3 is 15.6 Å². The number of fused-ring (bicyclic) bond motifs is 1. The van der Waals surface area contributed by atoms with Crippen LogP contribution in [-0.2, 0) is 41.1 Å². The smallest absolute Gasteiger partial charge is 0.478 e. The molecule has 3 aromatic rings. The fraction of sp³-hybridized carbons (Fsp3) is 0.476. The molecule has 24 nitrogen and oxygen atoms in total. The zero-order valence-corrected chi connectivity index (χ0v) is 26.6. The van der Waals surface area contributed by atoms with Gasteiger partial charge in [0.25, 0.3) is 20.0 Å². The second kappa shape index (κ2) is 13.8. The van der Waals surface area contributed by atoms with Crippen molar-refractivity contribution < 1.29 is 85.3 Å². The quantitative estimate of drug-likeness (QED) is 0.0621. The van der Waals surface area contributed by atoms with E-state index in [0.717, 1.165) is 17.2 Å². The highest BCUT2D eigenvalue weighted by atomic mass is 31.3. The zero-order valence-electron chi connectivity index (χ0n) is 23.9. The Hall–Kier alpha value is -2.86. The van der Waals surface area contributed by atoms with Crippen molar-refractivity contribution in [2.75, 3.05) is 18.9 Å². The van der Waals surface area contributed by atoms with Gasteiger partial charge in [0, 0.05) is 6.07 Å². The summed E-state index contributed by atoms with van der Waals surface area (Å²) in [4.78, 5) is 64.4. The number of pyridine rings is 1. The molecule has 0 aromatic carbocycles. The van der Waals surface area contributed by atoms with Crippen molar-refractivity contribution in [1.82, 2.24) is 19.5 Å². The van der Waals surface area contributed by atoms with E-state index >= 15 is 0 Å². The number of imidazole rings is 1. The molecule has 0 bridgehead atoms. The lowest BCUT2D eigenvalue weighted by Gasteiger charge is -2.26. The van der Waals surface area contributed by atoms with Crippen LogP contribution in [0.3, 0.4) is 0 Å². The lowest BCUT2D eigenvalue weighted by atomic mass is 10.1. The van der Waals surface area contributed by atoms with Gasteiger partial charge in [0.2, 0.25) is 0 Å². The standard InChI is InChI=1S/C21H28N7O17P3/c22-17-12-19(25-7-24-17)28(8-26-12)21-16(44-46(33,34)35)14(30)11(43-21)6-41-48(38,39)45-47(36,37)40-5-10-13(29)15(31)20(42-10)27-3-1-2-9(4-27)18(23)32/h1-4,7-8,10-11,13-16,20-21,29-31H,5-6H2,(H7-,22,23,24,25,32,33,34,35,36,37,38,39)/t10-,11-,13?,14?,15?,16?,20-,21-/m1/s1. The van der Waals surface area contributed by atoms with Crippen LogP contribution in [0, 0.1) is 0 Å². The molecule has 10 N–H and O–H groups in total. The number of aliphatic hydroxyl groups excluding tert-OH is 3. The molecular weight excluding hydrogens is 715 g/mol. The molecule has 0 spiro atoms. The molecular formula is C21H28N7O17P3. The zero-order chi connectivity index (χ0) is 35.2. The molecule has 6 unspecified atom stereocenters. The summed E-state index contributed by atoms with van der Waals surface area (Å²) < 4.78 is 67.9. The van der Waals surface area contributed by atoms with E-state index in [9.17, 15) is 53.4 Å². The Morgan fingerprint density at radius 2 is 1.71 bits per heavy atom. The Kier molecular flexibility index (Phi) is 10.5. The van der Waals surface area contributed by atoms with Crippen molar-refractivity contribution in [2.24, 2.45) is 5.73 Å². The van der Waals surface area contributed by atoms with Crippen molar-refractivity contribution in [1.29, 1.82) is 0 Å². The predicted octanol–water partition coefficient (Wildman–Crippen LogP) is -3.53. The highest BCUT2D eigenvalue weighted by Crippen LogP contribution is 2.58. The monoisotopic (exact) mass is 743 g/mol. The lowest BCUT2D eigenvalue weighted by molar-refractivity contribution is -0.765. The molecule has 264 valence electrons. The highest BCUT2D eigenvalue weighted by molar-refractivity contribution is 7.60. The number of aliphatic hydroxyl groups is 3. The van der Waals surface area contributed by atoms with Gasteiger partial charge in [0.1, 0.15) is 47.9 Å². The van der Waals surface area contributed by atoms with Crippen LogP contribution in [-0.4, -0.2) is 105 Å². The van der Waals surface area contributed by atoms with Crippen molar-refractivity contribution in [3.8, 4) is 0 Å². The maximum atomic E-state index is 12.5. The Labute approximate surface area is 267 Å². The first-order valence-corrected chi connectivity index (χ1v) is 17.8. The molecule has 2 aliphatic rings. The summed E-state index contributed by atoms with van der Waals surface area (Å²) in [5.74, 6) is -0.862. The van der Waals surface area contributed by atoms with Crippen molar-refractivity contribution >= 4 is 46.4 Å². The number of hydrogen-bond donors (Lipinski definition) is 8. The van der Waals surface area contributed by atoms with Crippen molar-refractivity contribution in [2.45, 2.75) is 49.1 Å². The van der Waals surface area contributed by atoms with Gasteiger partial charge in [-0.3, -0.25) is 23.0 Å². The maximum absolute atomic E-state index is 12.5. The number of hydrogen-bond acceptors (Lipinski definition) is 18. The summed E-state index contributed by atoms with van der Waals surface area (Å²) in [6.07, 6.45) is -8.59. The molecule has 10 atom stereocenters. The molecule has 0 saturated carbocycles. The number of phosphoric acid groups is 3. The SMILES string of the molecule is NC(=O)c1ccc[n+]([C@@H]2O[C@H](COP(=O)([O-])OP(=O)(O)OC[C@H]3O[C@@H](n4cnc5c(N)ncnc54)C(OP(=O)(O)O)C3O)C(O)C2O)c1. The molecule has 3 aromatic heterocycles. The van der Waals surface area contributed by atoms with Crippen LogP contribution in [0.15, 0.2) is 37.2 Å². The molecule has 48 heavy (non-hydrogen) atoms. The number of amides is 1. The van der Waals surface area contributed by atoms with Crippen molar-refractivity contribution in [3.05, 3.63) is 42.7 Å². The number of nitrogen functional groups attached to an aromatic ring is 1. The number of rotatable bonds is 13. The third-order valence-corrected chi connectivity index (χ3v) is 10.1. The summed E-state index contributed by atoms with van der Waals surface area (Å²) in [5.41, 5.74) is 11.1. The average molecular weight is 743 g/mol. The van der Waals surface area contributed by atoms with E-state index in [1.54, 1.807) is 0 Å². The van der Waals surface area contributed by atoms with Gasteiger partial charge < -0.3 is 60.4 Å². The Morgan fingerprint density at radius 3 is 2.40 bits per heavy atom. The summed E-state index contributed by atoms with van der Waals surface area (Å²) in [5, 5.41) is 31.5. The number of aromatic nitrogens is 5. The molecule has 5 rings (SSSR count). The van der Waals surface area contributed by atoms with E-state index in [1.165, 1.54) is 29.1 Å². The molecule has 1 amide bonds. The number of ether oxygens (including phenoxy) is 2. The summed E-state index contributed by atoms with van der Waals surface area (Å²) in [7, 11) is -16.6. The molecule has 5 heterocycles. The second-order valence-electron chi connectivity index (χ2n) is 10.2. The number of phosphoric ester groups is 3. The van der Waals surface area contributed by atoms with Crippen LogP contribution >= 0.6 is 23.5 Å². The molecule has 0 radical (unpaired) electrons. The maximum Gasteiger partial charge on any atom is 0.478 e. The summed E-state index contributed by atoms with van der Waals surface area (Å²) in [6.45, 7) is -2.12. The number of anilines is 1. The molecule has 2 saturated heterocycles. The van der Waals surface area contributed by atoms with Crippen LogP contribution in [0.1, 0.15) is 22.8 Å². The first-order chi connectivity index (χ1) is 22.4. The first-order valence-electron chi connectivity index (χ1n) is 13.3. The van der Waals surface area contributed by atoms with Gasteiger partial charge in [-0.2, -0.15) is 4.57 Å². The van der Waals surface area contributed by atoms with E-state index in [1.807, 2.05) is 0 Å². The van der Waals surface area contributed by atoms with Gasteiger partial charge in [0.15, 0.2) is 36.2 Å². The Balaban J connectivity index is 1.21. The van der Waals surface area contributed by atoms with Gasteiger partial charge in [-0.25, -0.2) is 28.4 Å². The van der Waals surface area contributed by atoms with E-state index in [0.29, 0.717) is 0 Å². The van der Waals surface area contributed by atoms with Crippen LogP contribution in [0.2, 0.25) is 0 Å². The van der Waals surface area contributed by atoms with Crippen LogP contribution < -0.4 is 20.9 Å². The first kappa shape index (κ1) is 36.4. The van der Waals surface area contributed by atoms with Crippen LogP contribution in [0.4, 0.5) is 5.82 Å². The van der Waals surface area contributed by atoms with Crippen LogP contribution in [0.5, 0.6) is 0 Å². The van der Waals surface area contributed by atoms with Gasteiger partial charge in [0.05, 0.1) is 19.5 Å². The molecule has 27 heteroatoms. The summed E-state index contributed by atoms with van der Waals surface area (Å²) >= 11 is 0. The van der Waals surface area contributed by atoms with E-state index in [4.69, 9.17) is 20.9 Å². The normalized spacial score (nSPS) is 30.3. The fourth-order valence-electron chi connectivity index (χ4n) is 4.82. The topological polar surface area (TPSA) is 368 Å². The van der Waals surface area contributed by atoms with E-state index < -0.39 is 91.7 Å². The minimum Gasteiger partial charge on any atom is -0.756 e. The number of nitrogens with two attached hydrogens (primary N) is 2. The number of nitrogens with zero attached hydrogens (tertiary/aromatic N) is 5. The summed E-state index contributed by atoms with van der Waals surface area (Å²) in [6, 6.07) is 2.77. The van der Waals surface area contributed by atoms with E-state index in [-0.39, 0.29) is 22.5 Å². The van der Waals surface area contributed by atoms with Gasteiger partial charge in [-0.1, -0.05) is 0 Å². The molecule has 0 aliphatic carbocycles. The van der Waals surface area contributed by atoms with E-state index in [2.05, 4.69) is 32.8 Å². The minimum atomic E-state index is -5.72. The highest BCUT2D eigenvalue weighted by Gasteiger charge is 2.51. The predicted molar refractivity (Wildman–Crippen MR) is 148 cm³/mol. The largest absolute Gasteiger partial charge is 0.756 e. The Morgan fingerprint density at radius 1 is 1.02 bits per heavy atom. The molecule has 2 aliphatic heterocycles.